The number of carboxylic acid groups (broad SMARTS) is 1. The molecule has 1 unspecified atom stereocenters. The van der Waals surface area contributed by atoms with Crippen molar-refractivity contribution in [3.63, 3.8) is 0 Å². The average Bonchev–Trinajstić information content (AvgIpc) is 3.12. The Bertz CT molecular complexity index is 917. The van der Waals surface area contributed by atoms with Gasteiger partial charge in [0.15, 0.2) is 0 Å². The molecule has 8 nitrogen and oxygen atoms in total. The highest BCUT2D eigenvalue weighted by atomic mass is 19.4. The number of halogens is 3. The topological polar surface area (TPSA) is 102 Å². The summed E-state index contributed by atoms with van der Waals surface area (Å²) in [6.07, 6.45) is -4.93. The molecule has 2 aromatic carbocycles. The molecule has 0 spiro atoms. The van der Waals surface area contributed by atoms with Crippen LogP contribution in [0.25, 0.3) is 0 Å². The normalized spacial score (nSPS) is 16.5. The molecule has 0 aliphatic carbocycles. The smallest absolute Gasteiger partial charge is 0.465 e. The Morgan fingerprint density at radius 3 is 2.41 bits per heavy atom. The Hall–Kier alpha value is -3.50. The van der Waals surface area contributed by atoms with E-state index >= 15 is 0 Å². The fourth-order valence-corrected chi connectivity index (χ4v) is 3.16. The number of likely N-dealkylation sites (tertiary alicyclic amines) is 1. The van der Waals surface area contributed by atoms with Crippen LogP contribution in [0.2, 0.25) is 0 Å². The van der Waals surface area contributed by atoms with Gasteiger partial charge >= 0.3 is 12.5 Å². The van der Waals surface area contributed by atoms with E-state index in [2.05, 4.69) is 4.74 Å². The predicted molar refractivity (Wildman–Crippen MR) is 93.0 cm³/mol. The van der Waals surface area contributed by atoms with Crippen LogP contribution in [-0.2, 0) is 0 Å². The molecule has 154 valence electrons. The SMILES string of the molecule is O=C(O)N1CCCC1c1cc([N+](=O)[O-])ccc1Oc1ccc(OC(F)(F)F)cc1. The van der Waals surface area contributed by atoms with Crippen LogP contribution >= 0.6 is 0 Å². The van der Waals surface area contributed by atoms with E-state index < -0.39 is 29.2 Å². The number of alkyl halides is 3. The summed E-state index contributed by atoms with van der Waals surface area (Å²) in [5.41, 5.74) is 0.0910. The number of nitro groups is 1. The summed E-state index contributed by atoms with van der Waals surface area (Å²) >= 11 is 0. The third-order valence-electron chi connectivity index (χ3n) is 4.35. The third-order valence-corrected chi connectivity index (χ3v) is 4.35. The van der Waals surface area contributed by atoms with E-state index in [1.807, 2.05) is 0 Å². The van der Waals surface area contributed by atoms with Crippen LogP contribution in [-0.4, -0.2) is 33.9 Å². The van der Waals surface area contributed by atoms with Crippen LogP contribution in [0.5, 0.6) is 17.2 Å². The highest BCUT2D eigenvalue weighted by Crippen LogP contribution is 2.40. The van der Waals surface area contributed by atoms with E-state index in [4.69, 9.17) is 4.74 Å². The van der Waals surface area contributed by atoms with Crippen molar-refractivity contribution in [3.05, 3.63) is 58.1 Å². The van der Waals surface area contributed by atoms with Crippen molar-refractivity contribution in [1.82, 2.24) is 4.90 Å². The molecule has 3 rings (SSSR count). The molecule has 2 aromatic rings. The molecule has 1 aliphatic rings. The van der Waals surface area contributed by atoms with Crippen LogP contribution in [0.15, 0.2) is 42.5 Å². The lowest BCUT2D eigenvalue weighted by atomic mass is 10.0. The zero-order valence-electron chi connectivity index (χ0n) is 14.8. The van der Waals surface area contributed by atoms with E-state index in [-0.39, 0.29) is 23.7 Å². The largest absolute Gasteiger partial charge is 0.573 e. The van der Waals surface area contributed by atoms with E-state index in [0.717, 1.165) is 12.1 Å². The Kier molecular flexibility index (Phi) is 5.48. The lowest BCUT2D eigenvalue weighted by Crippen LogP contribution is -2.29. The first-order chi connectivity index (χ1) is 13.6. The van der Waals surface area contributed by atoms with Crippen molar-refractivity contribution >= 4 is 11.8 Å². The Morgan fingerprint density at radius 2 is 1.83 bits per heavy atom. The molecule has 1 amide bonds. The number of rotatable bonds is 5. The third kappa shape index (κ3) is 4.86. The van der Waals surface area contributed by atoms with Gasteiger partial charge in [0.25, 0.3) is 5.69 Å². The highest BCUT2D eigenvalue weighted by Gasteiger charge is 2.33. The van der Waals surface area contributed by atoms with Crippen molar-refractivity contribution in [2.75, 3.05) is 6.54 Å². The van der Waals surface area contributed by atoms with E-state index in [9.17, 15) is 33.2 Å². The molecule has 0 aromatic heterocycles. The maximum atomic E-state index is 12.3. The minimum Gasteiger partial charge on any atom is -0.465 e. The van der Waals surface area contributed by atoms with Gasteiger partial charge in [0.1, 0.15) is 17.2 Å². The summed E-state index contributed by atoms with van der Waals surface area (Å²) in [5.74, 6) is -0.0886. The lowest BCUT2D eigenvalue weighted by Gasteiger charge is -2.23. The molecule has 1 aliphatic heterocycles. The zero-order chi connectivity index (χ0) is 21.2. The van der Waals surface area contributed by atoms with Crippen LogP contribution in [0, 0.1) is 10.1 Å². The number of hydrogen-bond acceptors (Lipinski definition) is 5. The number of ether oxygens (including phenoxy) is 2. The first kappa shape index (κ1) is 20.2. The second-order valence-electron chi connectivity index (χ2n) is 6.23. The van der Waals surface area contributed by atoms with E-state index in [1.54, 1.807) is 0 Å². The van der Waals surface area contributed by atoms with Crippen LogP contribution in [0.1, 0.15) is 24.4 Å². The van der Waals surface area contributed by atoms with Crippen molar-refractivity contribution in [2.45, 2.75) is 25.2 Å². The minimum absolute atomic E-state index is 0.162. The molecular weight excluding hydrogens is 397 g/mol. The molecule has 0 bridgehead atoms. The van der Waals surface area contributed by atoms with Crippen LogP contribution in [0.3, 0.4) is 0 Å². The zero-order valence-corrected chi connectivity index (χ0v) is 14.8. The van der Waals surface area contributed by atoms with Gasteiger partial charge < -0.3 is 19.5 Å². The monoisotopic (exact) mass is 412 g/mol. The second-order valence-corrected chi connectivity index (χ2v) is 6.23. The summed E-state index contributed by atoms with van der Waals surface area (Å²) in [4.78, 5) is 23.2. The van der Waals surface area contributed by atoms with Gasteiger partial charge in [-0.2, -0.15) is 0 Å². The minimum atomic E-state index is -4.82. The van der Waals surface area contributed by atoms with Crippen molar-refractivity contribution in [2.24, 2.45) is 0 Å². The quantitative estimate of drug-likeness (QED) is 0.541. The summed E-state index contributed by atoms with van der Waals surface area (Å²) in [7, 11) is 0. The number of nitrogens with zero attached hydrogens (tertiary/aromatic N) is 2. The number of hydrogen-bond donors (Lipinski definition) is 1. The van der Waals surface area contributed by atoms with Gasteiger partial charge in [-0.1, -0.05) is 0 Å². The summed E-state index contributed by atoms with van der Waals surface area (Å²) < 4.78 is 46.3. The van der Waals surface area contributed by atoms with E-state index in [1.165, 1.54) is 35.2 Å². The van der Waals surface area contributed by atoms with Gasteiger partial charge in [0.05, 0.1) is 11.0 Å². The van der Waals surface area contributed by atoms with Gasteiger partial charge in [0, 0.05) is 24.2 Å². The molecule has 1 fully saturated rings. The first-order valence-electron chi connectivity index (χ1n) is 8.45. The molecule has 11 heteroatoms. The molecule has 0 saturated carbocycles. The lowest BCUT2D eigenvalue weighted by molar-refractivity contribution is -0.385. The number of benzene rings is 2. The van der Waals surface area contributed by atoms with Gasteiger partial charge in [-0.3, -0.25) is 10.1 Å². The number of amides is 1. The van der Waals surface area contributed by atoms with E-state index in [0.29, 0.717) is 18.4 Å². The second kappa shape index (κ2) is 7.86. The number of carbonyl (C=O) groups is 1. The summed E-state index contributed by atoms with van der Waals surface area (Å²) in [5, 5.41) is 20.5. The Morgan fingerprint density at radius 1 is 1.17 bits per heavy atom. The van der Waals surface area contributed by atoms with Gasteiger partial charge in [-0.15, -0.1) is 13.2 Å². The molecule has 1 heterocycles. The molecule has 1 atom stereocenters. The highest BCUT2D eigenvalue weighted by molar-refractivity contribution is 5.67. The fraction of sp³-hybridized carbons (Fsp3) is 0.278. The molecule has 29 heavy (non-hydrogen) atoms. The fourth-order valence-electron chi connectivity index (χ4n) is 3.16. The Balaban J connectivity index is 1.90. The maximum Gasteiger partial charge on any atom is 0.573 e. The van der Waals surface area contributed by atoms with Crippen LogP contribution < -0.4 is 9.47 Å². The van der Waals surface area contributed by atoms with Gasteiger partial charge in [0.2, 0.25) is 0 Å². The Labute approximate surface area is 162 Å². The molecule has 1 saturated heterocycles. The van der Waals surface area contributed by atoms with Crippen LogP contribution in [0.4, 0.5) is 23.7 Å². The predicted octanol–water partition coefficient (Wildman–Crippen LogP) is 5.10. The van der Waals surface area contributed by atoms with Crippen molar-refractivity contribution in [3.8, 4) is 17.2 Å². The summed E-state index contributed by atoms with van der Waals surface area (Å²) in [6, 6.07) is 7.79. The molecule has 0 radical (unpaired) electrons. The maximum absolute atomic E-state index is 12.3. The first-order valence-corrected chi connectivity index (χ1v) is 8.45. The van der Waals surface area contributed by atoms with Crippen molar-refractivity contribution < 1.29 is 37.5 Å². The standard InChI is InChI=1S/C18H15F3N2O6/c19-18(20,21)29-13-6-4-12(5-7-13)28-16-8-3-11(23(26)27)10-14(16)15-2-1-9-22(15)17(24)25/h3-8,10,15H,1-2,9H2,(H,24,25). The molecule has 1 N–H and O–H groups in total. The summed E-state index contributed by atoms with van der Waals surface area (Å²) in [6.45, 7) is 0.283. The van der Waals surface area contributed by atoms with Crippen molar-refractivity contribution in [1.29, 1.82) is 0 Å². The molecular formula is C18H15F3N2O6. The number of nitro benzene ring substituents is 1. The number of non-ortho nitro benzene ring substituents is 1. The average molecular weight is 412 g/mol. The van der Waals surface area contributed by atoms with Gasteiger partial charge in [-0.05, 0) is 43.2 Å². The van der Waals surface area contributed by atoms with Gasteiger partial charge in [-0.25, -0.2) is 4.79 Å².